The monoisotopic (exact) mass is 455 g/mol. The number of hydrogen-bond donors (Lipinski definition) is 2. The second-order valence-corrected chi connectivity index (χ2v) is 9.19. The van der Waals surface area contributed by atoms with Crippen LogP contribution >= 0.6 is 12.2 Å². The fourth-order valence-electron chi connectivity index (χ4n) is 2.60. The van der Waals surface area contributed by atoms with Crippen molar-refractivity contribution in [2.75, 3.05) is 19.4 Å². The van der Waals surface area contributed by atoms with E-state index in [1.54, 1.807) is 42.5 Å². The first-order chi connectivity index (χ1) is 14.8. The Labute approximate surface area is 186 Å². The number of hydrogen-bond acceptors (Lipinski definition) is 5. The number of para-hydroxylation sites is 1. The van der Waals surface area contributed by atoms with Gasteiger partial charge >= 0.3 is 0 Å². The van der Waals surface area contributed by atoms with Crippen LogP contribution in [0, 0.1) is 0 Å². The van der Waals surface area contributed by atoms with Gasteiger partial charge in [0.05, 0.1) is 10.6 Å². The number of sulfonamides is 1. The number of rotatable bonds is 6. The highest BCUT2D eigenvalue weighted by Crippen LogP contribution is 2.32. The number of ether oxygens (including phenoxy) is 1. The van der Waals surface area contributed by atoms with Gasteiger partial charge in [0.1, 0.15) is 5.75 Å². The molecule has 1 amide bonds. The third-order valence-electron chi connectivity index (χ3n) is 4.21. The molecule has 0 aliphatic heterocycles. The van der Waals surface area contributed by atoms with E-state index in [1.165, 1.54) is 32.3 Å². The van der Waals surface area contributed by atoms with Gasteiger partial charge < -0.3 is 10.1 Å². The maximum absolute atomic E-state index is 12.6. The molecular weight excluding hydrogens is 434 g/mol. The van der Waals surface area contributed by atoms with E-state index in [4.69, 9.17) is 17.0 Å². The highest BCUT2D eigenvalue weighted by molar-refractivity contribution is 7.89. The van der Waals surface area contributed by atoms with E-state index in [9.17, 15) is 13.2 Å². The molecule has 160 valence electrons. The van der Waals surface area contributed by atoms with Crippen molar-refractivity contribution in [3.05, 3.63) is 84.4 Å². The van der Waals surface area contributed by atoms with E-state index in [0.29, 0.717) is 22.7 Å². The summed E-state index contributed by atoms with van der Waals surface area (Å²) in [6.45, 7) is 0. The molecule has 31 heavy (non-hydrogen) atoms. The number of thiocarbonyl (C=S) groups is 1. The van der Waals surface area contributed by atoms with Crippen molar-refractivity contribution in [1.82, 2.24) is 9.62 Å². The average Bonchev–Trinajstić information content (AvgIpc) is 2.76. The lowest BCUT2D eigenvalue weighted by Gasteiger charge is -2.17. The van der Waals surface area contributed by atoms with Crippen molar-refractivity contribution in [2.24, 2.45) is 0 Å². The zero-order valence-electron chi connectivity index (χ0n) is 16.9. The van der Waals surface area contributed by atoms with Crippen LogP contribution < -0.4 is 15.4 Å². The van der Waals surface area contributed by atoms with Crippen LogP contribution in [0.4, 0.5) is 5.69 Å². The Kier molecular flexibility index (Phi) is 7.01. The Balaban J connectivity index is 1.89. The van der Waals surface area contributed by atoms with Gasteiger partial charge in [0.15, 0.2) is 10.9 Å². The molecule has 0 aliphatic rings. The lowest BCUT2D eigenvalue weighted by atomic mass is 10.2. The predicted molar refractivity (Wildman–Crippen MR) is 124 cm³/mol. The van der Waals surface area contributed by atoms with E-state index in [2.05, 4.69) is 10.6 Å². The lowest BCUT2D eigenvalue weighted by molar-refractivity contribution is 0.0977. The third kappa shape index (κ3) is 5.66. The molecule has 0 saturated carbocycles. The Hall–Kier alpha value is -3.27. The maximum atomic E-state index is 12.6. The molecule has 0 aliphatic carbocycles. The fourth-order valence-corrected chi connectivity index (χ4v) is 3.73. The van der Waals surface area contributed by atoms with Crippen LogP contribution in [0.1, 0.15) is 10.4 Å². The van der Waals surface area contributed by atoms with Crippen LogP contribution in [0.15, 0.2) is 83.8 Å². The van der Waals surface area contributed by atoms with Crippen molar-refractivity contribution in [3.8, 4) is 11.5 Å². The molecule has 0 radical (unpaired) electrons. The second-order valence-electron chi connectivity index (χ2n) is 6.63. The summed E-state index contributed by atoms with van der Waals surface area (Å²) in [5, 5.41) is 5.46. The summed E-state index contributed by atoms with van der Waals surface area (Å²) < 4.78 is 32.1. The number of amides is 1. The standard InChI is InChI=1S/C22H21N3O4S2/c1-25(2)31(27,28)18-13-14-20(29-17-11-7-4-8-12-17)19(15-18)23-22(30)24-21(26)16-9-5-3-6-10-16/h3-15H,1-2H3,(H2,23,24,26,30). The van der Waals surface area contributed by atoms with Crippen LogP contribution in [-0.2, 0) is 10.0 Å². The summed E-state index contributed by atoms with van der Waals surface area (Å²) >= 11 is 5.27. The highest BCUT2D eigenvalue weighted by atomic mass is 32.2. The first-order valence-electron chi connectivity index (χ1n) is 9.24. The van der Waals surface area contributed by atoms with Crippen molar-refractivity contribution >= 4 is 38.9 Å². The molecule has 9 heteroatoms. The Morgan fingerprint density at radius 2 is 1.55 bits per heavy atom. The van der Waals surface area contributed by atoms with Crippen LogP contribution in [0.25, 0.3) is 0 Å². The van der Waals surface area contributed by atoms with Crippen LogP contribution in [-0.4, -0.2) is 37.8 Å². The minimum absolute atomic E-state index is 0.00571. The number of nitrogens with zero attached hydrogens (tertiary/aromatic N) is 1. The van der Waals surface area contributed by atoms with Gasteiger partial charge in [-0.25, -0.2) is 12.7 Å². The molecule has 0 bridgehead atoms. The SMILES string of the molecule is CN(C)S(=O)(=O)c1ccc(Oc2ccccc2)c(NC(=S)NC(=O)c2ccccc2)c1. The normalized spacial score (nSPS) is 11.1. The van der Waals surface area contributed by atoms with Gasteiger partial charge in [-0.2, -0.15) is 0 Å². The molecule has 3 rings (SSSR count). The Morgan fingerprint density at radius 3 is 2.16 bits per heavy atom. The first kappa shape index (κ1) is 22.4. The zero-order valence-corrected chi connectivity index (χ0v) is 18.5. The molecule has 3 aromatic rings. The number of anilines is 1. The third-order valence-corrected chi connectivity index (χ3v) is 6.23. The van der Waals surface area contributed by atoms with Gasteiger partial charge in [-0.1, -0.05) is 36.4 Å². The predicted octanol–water partition coefficient (Wildman–Crippen LogP) is 3.86. The van der Waals surface area contributed by atoms with E-state index < -0.39 is 10.0 Å². The summed E-state index contributed by atoms with van der Waals surface area (Å²) in [5.74, 6) is 0.522. The minimum Gasteiger partial charge on any atom is -0.455 e. The van der Waals surface area contributed by atoms with Gasteiger partial charge in [-0.05, 0) is 54.7 Å². The molecule has 3 aromatic carbocycles. The van der Waals surface area contributed by atoms with Crippen molar-refractivity contribution in [1.29, 1.82) is 0 Å². The molecule has 0 unspecified atom stereocenters. The largest absolute Gasteiger partial charge is 0.455 e. The summed E-state index contributed by atoms with van der Waals surface area (Å²) in [4.78, 5) is 12.4. The van der Waals surface area contributed by atoms with E-state index in [0.717, 1.165) is 4.31 Å². The molecule has 0 saturated heterocycles. The zero-order chi connectivity index (χ0) is 22.4. The van der Waals surface area contributed by atoms with Crippen LogP contribution in [0.5, 0.6) is 11.5 Å². The number of carbonyl (C=O) groups is 1. The van der Waals surface area contributed by atoms with Gasteiger partial charge in [-0.15, -0.1) is 0 Å². The lowest BCUT2D eigenvalue weighted by Crippen LogP contribution is -2.34. The van der Waals surface area contributed by atoms with Gasteiger partial charge in [0.2, 0.25) is 10.0 Å². The van der Waals surface area contributed by atoms with E-state index in [-0.39, 0.29) is 15.9 Å². The topological polar surface area (TPSA) is 87.7 Å². The molecule has 2 N–H and O–H groups in total. The van der Waals surface area contributed by atoms with Crippen LogP contribution in [0.3, 0.4) is 0 Å². The number of nitrogens with one attached hydrogen (secondary N) is 2. The highest BCUT2D eigenvalue weighted by Gasteiger charge is 2.20. The van der Waals surface area contributed by atoms with Crippen molar-refractivity contribution in [3.63, 3.8) is 0 Å². The molecule has 0 spiro atoms. The van der Waals surface area contributed by atoms with Crippen molar-refractivity contribution in [2.45, 2.75) is 4.90 Å². The van der Waals surface area contributed by atoms with E-state index >= 15 is 0 Å². The summed E-state index contributed by atoms with van der Waals surface area (Å²) in [6.07, 6.45) is 0. The Morgan fingerprint density at radius 1 is 0.935 bits per heavy atom. The summed E-state index contributed by atoms with van der Waals surface area (Å²) in [7, 11) is -0.792. The van der Waals surface area contributed by atoms with Gasteiger partial charge in [0, 0.05) is 19.7 Å². The molecular formula is C22H21N3O4S2. The second kappa shape index (κ2) is 9.69. The first-order valence-corrected chi connectivity index (χ1v) is 11.1. The molecule has 0 aromatic heterocycles. The molecule has 7 nitrogen and oxygen atoms in total. The minimum atomic E-state index is -3.68. The summed E-state index contributed by atoms with van der Waals surface area (Å²) in [5.41, 5.74) is 0.737. The fraction of sp³-hybridized carbons (Fsp3) is 0.0909. The summed E-state index contributed by atoms with van der Waals surface area (Å²) in [6, 6.07) is 22.0. The van der Waals surface area contributed by atoms with Gasteiger partial charge in [-0.3, -0.25) is 10.1 Å². The van der Waals surface area contributed by atoms with Crippen molar-refractivity contribution < 1.29 is 17.9 Å². The maximum Gasteiger partial charge on any atom is 0.257 e. The number of carbonyl (C=O) groups excluding carboxylic acids is 1. The smallest absolute Gasteiger partial charge is 0.257 e. The molecule has 0 fully saturated rings. The number of benzene rings is 3. The van der Waals surface area contributed by atoms with Gasteiger partial charge in [0.25, 0.3) is 5.91 Å². The molecule has 0 heterocycles. The Bertz CT molecular complexity index is 1180. The van der Waals surface area contributed by atoms with Crippen LogP contribution in [0.2, 0.25) is 0 Å². The quantitative estimate of drug-likeness (QED) is 0.549. The van der Waals surface area contributed by atoms with E-state index in [1.807, 2.05) is 18.2 Å². The average molecular weight is 456 g/mol. The molecule has 0 atom stereocenters.